The predicted molar refractivity (Wildman–Crippen MR) is 73.4 cm³/mol. The second-order valence-corrected chi connectivity index (χ2v) is 5.56. The van der Waals surface area contributed by atoms with E-state index in [2.05, 4.69) is 5.32 Å². The molecule has 0 atom stereocenters. The first-order chi connectivity index (χ1) is 9.51. The lowest BCUT2D eigenvalue weighted by Gasteiger charge is -2.28. The molecule has 1 saturated carbocycles. The summed E-state index contributed by atoms with van der Waals surface area (Å²) in [6, 6.07) is 1.91. The Labute approximate surface area is 121 Å². The van der Waals surface area contributed by atoms with Gasteiger partial charge < -0.3 is 15.5 Å². The molecule has 0 aromatic heterocycles. The summed E-state index contributed by atoms with van der Waals surface area (Å²) in [6.45, 7) is 0.168. The molecule has 0 aliphatic heterocycles. The molecule has 20 heavy (non-hydrogen) atoms. The number of hydrogen-bond donors (Lipinski definition) is 3. The second kappa shape index (κ2) is 6.41. The van der Waals surface area contributed by atoms with Crippen LogP contribution in [0.1, 0.15) is 36.0 Å². The first-order valence-electron chi connectivity index (χ1n) is 6.61. The van der Waals surface area contributed by atoms with Gasteiger partial charge in [0, 0.05) is 12.6 Å². The molecule has 0 radical (unpaired) electrons. The highest BCUT2D eigenvalue weighted by molar-refractivity contribution is 6.32. The number of aliphatic hydroxyl groups is 1. The average molecular weight is 302 g/mol. The summed E-state index contributed by atoms with van der Waals surface area (Å²) in [5, 5.41) is 21.4. The van der Waals surface area contributed by atoms with E-state index in [9.17, 15) is 14.3 Å². The Hall–Kier alpha value is -1.33. The van der Waals surface area contributed by atoms with E-state index in [0.29, 0.717) is 5.92 Å². The molecule has 3 N–H and O–H groups in total. The normalized spacial score (nSPS) is 22.6. The van der Waals surface area contributed by atoms with Gasteiger partial charge in [0.05, 0.1) is 10.6 Å². The molecule has 0 heterocycles. The maximum Gasteiger partial charge on any atom is 0.255 e. The summed E-state index contributed by atoms with van der Waals surface area (Å²) in [6.07, 6.45) is 3.22. The maximum absolute atomic E-state index is 13.2. The number of carbonyl (C=O) groups excluding carboxylic acids is 1. The van der Waals surface area contributed by atoms with Crippen molar-refractivity contribution in [1.29, 1.82) is 0 Å². The molecule has 0 saturated heterocycles. The number of phenolic OH excluding ortho intramolecular Hbond substituents is 1. The van der Waals surface area contributed by atoms with E-state index in [1.54, 1.807) is 0 Å². The topological polar surface area (TPSA) is 69.6 Å². The maximum atomic E-state index is 13.2. The van der Waals surface area contributed by atoms with Gasteiger partial charge in [-0.15, -0.1) is 0 Å². The van der Waals surface area contributed by atoms with Gasteiger partial charge in [-0.05, 0) is 43.7 Å². The summed E-state index contributed by atoms with van der Waals surface area (Å²) in [7, 11) is 0. The number of hydrogen-bond acceptors (Lipinski definition) is 3. The van der Waals surface area contributed by atoms with Gasteiger partial charge in [0.1, 0.15) is 11.6 Å². The van der Waals surface area contributed by atoms with Crippen LogP contribution in [0.2, 0.25) is 5.02 Å². The Morgan fingerprint density at radius 1 is 1.35 bits per heavy atom. The van der Waals surface area contributed by atoms with Crippen LogP contribution in [0.15, 0.2) is 12.1 Å². The highest BCUT2D eigenvalue weighted by Gasteiger charge is 2.24. The van der Waals surface area contributed by atoms with Gasteiger partial charge >= 0.3 is 0 Å². The third kappa shape index (κ3) is 3.41. The van der Waals surface area contributed by atoms with Gasteiger partial charge in [0.15, 0.2) is 0 Å². The number of aliphatic hydroxyl groups excluding tert-OH is 1. The van der Waals surface area contributed by atoms with Crippen molar-refractivity contribution >= 4 is 17.5 Å². The molecule has 1 aromatic rings. The van der Waals surface area contributed by atoms with Crippen molar-refractivity contribution in [3.8, 4) is 5.75 Å². The van der Waals surface area contributed by atoms with Crippen LogP contribution in [0, 0.1) is 11.7 Å². The summed E-state index contributed by atoms with van der Waals surface area (Å²) in [4.78, 5) is 12.0. The van der Waals surface area contributed by atoms with Gasteiger partial charge in [-0.1, -0.05) is 11.6 Å². The van der Waals surface area contributed by atoms with E-state index in [0.717, 1.165) is 37.8 Å². The molecule has 1 aliphatic rings. The zero-order chi connectivity index (χ0) is 14.7. The Morgan fingerprint density at radius 2 is 2.00 bits per heavy atom. The van der Waals surface area contributed by atoms with Crippen LogP contribution in [0.5, 0.6) is 5.75 Å². The average Bonchev–Trinajstić information content (AvgIpc) is 2.43. The molecule has 1 aromatic carbocycles. The molecular formula is C14H17ClFNO3. The fraction of sp³-hybridized carbons (Fsp3) is 0.500. The highest BCUT2D eigenvalue weighted by Crippen LogP contribution is 2.29. The lowest BCUT2D eigenvalue weighted by molar-refractivity contribution is 0.0911. The SMILES string of the molecule is O=C(NC1CCC(CO)CC1)c1cc(F)cc(Cl)c1O. The van der Waals surface area contributed by atoms with Crippen LogP contribution in [-0.4, -0.2) is 28.8 Å². The van der Waals surface area contributed by atoms with Crippen LogP contribution in [0.25, 0.3) is 0 Å². The number of rotatable bonds is 3. The van der Waals surface area contributed by atoms with E-state index < -0.39 is 17.5 Å². The number of benzene rings is 1. The van der Waals surface area contributed by atoms with Gasteiger partial charge in [0.25, 0.3) is 5.91 Å². The van der Waals surface area contributed by atoms with Gasteiger partial charge in [0.2, 0.25) is 0 Å². The summed E-state index contributed by atoms with van der Waals surface area (Å²) >= 11 is 5.65. The van der Waals surface area contributed by atoms with Crippen molar-refractivity contribution in [2.24, 2.45) is 5.92 Å². The first-order valence-corrected chi connectivity index (χ1v) is 6.98. The molecule has 4 nitrogen and oxygen atoms in total. The highest BCUT2D eigenvalue weighted by atomic mass is 35.5. The molecule has 0 unspecified atom stereocenters. The second-order valence-electron chi connectivity index (χ2n) is 5.16. The number of phenols is 1. The van der Waals surface area contributed by atoms with Crippen molar-refractivity contribution in [2.75, 3.05) is 6.61 Å². The first kappa shape index (κ1) is 15.1. The van der Waals surface area contributed by atoms with Crippen LogP contribution in [0.3, 0.4) is 0 Å². The largest absolute Gasteiger partial charge is 0.506 e. The number of amides is 1. The Balaban J connectivity index is 2.02. The zero-order valence-electron chi connectivity index (χ0n) is 10.9. The molecule has 2 rings (SSSR count). The molecule has 0 bridgehead atoms. The summed E-state index contributed by atoms with van der Waals surface area (Å²) in [5.41, 5.74) is -0.153. The smallest absolute Gasteiger partial charge is 0.255 e. The van der Waals surface area contributed by atoms with Gasteiger partial charge in [-0.2, -0.15) is 0 Å². The van der Waals surface area contributed by atoms with Gasteiger partial charge in [-0.25, -0.2) is 4.39 Å². The molecule has 1 aliphatic carbocycles. The molecular weight excluding hydrogens is 285 g/mol. The summed E-state index contributed by atoms with van der Waals surface area (Å²) < 4.78 is 13.2. The Bertz CT molecular complexity index is 501. The van der Waals surface area contributed by atoms with Gasteiger partial charge in [-0.3, -0.25) is 4.79 Å². The standard InChI is InChI=1S/C14H17ClFNO3/c15-12-6-9(16)5-11(13(12)19)14(20)17-10-3-1-8(7-18)2-4-10/h5-6,8,10,18-19H,1-4,7H2,(H,17,20). The van der Waals surface area contributed by atoms with Crippen molar-refractivity contribution in [2.45, 2.75) is 31.7 Å². The van der Waals surface area contributed by atoms with E-state index in [-0.39, 0.29) is 23.2 Å². The van der Waals surface area contributed by atoms with Crippen molar-refractivity contribution in [3.63, 3.8) is 0 Å². The number of halogens is 2. The van der Waals surface area contributed by atoms with E-state index >= 15 is 0 Å². The van der Waals surface area contributed by atoms with Crippen molar-refractivity contribution in [3.05, 3.63) is 28.5 Å². The Morgan fingerprint density at radius 3 is 2.60 bits per heavy atom. The molecule has 1 fully saturated rings. The van der Waals surface area contributed by atoms with Crippen LogP contribution >= 0.6 is 11.6 Å². The molecule has 6 heteroatoms. The number of nitrogens with one attached hydrogen (secondary N) is 1. The lowest BCUT2D eigenvalue weighted by atomic mass is 9.86. The molecule has 1 amide bonds. The minimum absolute atomic E-state index is 0.0215. The number of carbonyl (C=O) groups is 1. The minimum Gasteiger partial charge on any atom is -0.506 e. The fourth-order valence-corrected chi connectivity index (χ4v) is 2.70. The number of aromatic hydroxyl groups is 1. The summed E-state index contributed by atoms with van der Waals surface area (Å²) in [5.74, 6) is -1.31. The van der Waals surface area contributed by atoms with Crippen LogP contribution in [-0.2, 0) is 0 Å². The predicted octanol–water partition coefficient (Wildman–Crippen LogP) is 2.47. The molecule has 0 spiro atoms. The van der Waals surface area contributed by atoms with E-state index in [1.165, 1.54) is 0 Å². The van der Waals surface area contributed by atoms with E-state index in [1.807, 2.05) is 0 Å². The van der Waals surface area contributed by atoms with Crippen molar-refractivity contribution < 1.29 is 19.4 Å². The third-order valence-electron chi connectivity index (χ3n) is 3.71. The third-order valence-corrected chi connectivity index (χ3v) is 4.00. The molecule has 110 valence electrons. The van der Waals surface area contributed by atoms with Crippen LogP contribution < -0.4 is 5.32 Å². The Kier molecular flexibility index (Phi) is 4.83. The quantitative estimate of drug-likeness (QED) is 0.803. The monoisotopic (exact) mass is 301 g/mol. The van der Waals surface area contributed by atoms with E-state index in [4.69, 9.17) is 16.7 Å². The van der Waals surface area contributed by atoms with Crippen LogP contribution in [0.4, 0.5) is 4.39 Å². The zero-order valence-corrected chi connectivity index (χ0v) is 11.7. The van der Waals surface area contributed by atoms with Crippen molar-refractivity contribution in [1.82, 2.24) is 5.32 Å². The minimum atomic E-state index is -0.665. The fourth-order valence-electron chi connectivity index (χ4n) is 2.49. The lowest BCUT2D eigenvalue weighted by Crippen LogP contribution is -2.38.